The highest BCUT2D eigenvalue weighted by Gasteiger charge is 2.31. The summed E-state index contributed by atoms with van der Waals surface area (Å²) in [6, 6.07) is 3.38. The van der Waals surface area contributed by atoms with Gasteiger partial charge >= 0.3 is 6.36 Å². The van der Waals surface area contributed by atoms with Crippen LogP contribution in [0.4, 0.5) is 13.2 Å². The van der Waals surface area contributed by atoms with Gasteiger partial charge in [-0.1, -0.05) is 0 Å². The van der Waals surface area contributed by atoms with Crippen LogP contribution in [0.1, 0.15) is 12.5 Å². The first kappa shape index (κ1) is 13.9. The van der Waals surface area contributed by atoms with Gasteiger partial charge in [-0.15, -0.1) is 13.2 Å². The first-order chi connectivity index (χ1) is 9.94. The lowest BCUT2D eigenvalue weighted by Gasteiger charge is -2.13. The Hall–Kier alpha value is -2.09. The third-order valence-electron chi connectivity index (χ3n) is 3.29. The van der Waals surface area contributed by atoms with Crippen molar-refractivity contribution in [1.29, 1.82) is 0 Å². The van der Waals surface area contributed by atoms with Gasteiger partial charge in [0.15, 0.2) is 0 Å². The van der Waals surface area contributed by atoms with Gasteiger partial charge in [-0.25, -0.2) is 4.98 Å². The SMILES string of the molecule is O=c1c2cc(OC(F)(F)F)ccc2ncn1[C@H]1CCOC1. The van der Waals surface area contributed by atoms with Crippen molar-refractivity contribution >= 4 is 10.9 Å². The standard InChI is InChI=1S/C13H11F3N2O3/c14-13(15,16)21-9-1-2-11-10(5-9)12(19)18(7-17-11)8-3-4-20-6-8/h1-2,5,7-8H,3-4,6H2/t8-/m0/s1. The molecule has 3 rings (SSSR count). The fraction of sp³-hybridized carbons (Fsp3) is 0.385. The fourth-order valence-electron chi connectivity index (χ4n) is 2.31. The molecule has 1 aromatic carbocycles. The molecule has 21 heavy (non-hydrogen) atoms. The Bertz CT molecular complexity index is 721. The van der Waals surface area contributed by atoms with E-state index in [-0.39, 0.29) is 11.4 Å². The van der Waals surface area contributed by atoms with E-state index in [1.807, 2.05) is 0 Å². The molecule has 8 heteroatoms. The van der Waals surface area contributed by atoms with Crippen molar-refractivity contribution in [3.05, 3.63) is 34.9 Å². The Morgan fingerprint density at radius 3 is 2.86 bits per heavy atom. The van der Waals surface area contributed by atoms with E-state index < -0.39 is 17.7 Å². The second-order valence-corrected chi connectivity index (χ2v) is 4.70. The van der Waals surface area contributed by atoms with E-state index in [4.69, 9.17) is 4.74 Å². The van der Waals surface area contributed by atoms with Crippen molar-refractivity contribution in [3.8, 4) is 5.75 Å². The summed E-state index contributed by atoms with van der Waals surface area (Å²) in [7, 11) is 0. The molecule has 1 fully saturated rings. The molecular weight excluding hydrogens is 289 g/mol. The number of rotatable bonds is 2. The molecule has 1 aromatic heterocycles. The number of hydrogen-bond acceptors (Lipinski definition) is 4. The molecule has 0 saturated carbocycles. The molecule has 0 bridgehead atoms. The summed E-state index contributed by atoms with van der Waals surface area (Å²) >= 11 is 0. The van der Waals surface area contributed by atoms with Gasteiger partial charge in [-0.3, -0.25) is 9.36 Å². The van der Waals surface area contributed by atoms with E-state index >= 15 is 0 Å². The summed E-state index contributed by atoms with van der Waals surface area (Å²) < 4.78 is 47.1. The zero-order valence-electron chi connectivity index (χ0n) is 10.8. The predicted molar refractivity (Wildman–Crippen MR) is 67.2 cm³/mol. The van der Waals surface area contributed by atoms with Crippen LogP contribution in [-0.2, 0) is 4.74 Å². The van der Waals surface area contributed by atoms with Crippen LogP contribution in [0.25, 0.3) is 10.9 Å². The molecule has 0 spiro atoms. The highest BCUT2D eigenvalue weighted by Crippen LogP contribution is 2.25. The number of alkyl halides is 3. The van der Waals surface area contributed by atoms with Gasteiger partial charge < -0.3 is 9.47 Å². The average Bonchev–Trinajstić information content (AvgIpc) is 2.92. The highest BCUT2D eigenvalue weighted by molar-refractivity contribution is 5.78. The first-order valence-corrected chi connectivity index (χ1v) is 6.28. The maximum Gasteiger partial charge on any atom is 0.573 e. The molecule has 0 N–H and O–H groups in total. The van der Waals surface area contributed by atoms with Gasteiger partial charge in [0.25, 0.3) is 5.56 Å². The Balaban J connectivity index is 2.06. The second-order valence-electron chi connectivity index (χ2n) is 4.70. The van der Waals surface area contributed by atoms with Crippen LogP contribution < -0.4 is 10.3 Å². The number of halogens is 3. The number of nitrogens with zero attached hydrogens (tertiary/aromatic N) is 2. The third kappa shape index (κ3) is 2.85. The summed E-state index contributed by atoms with van der Waals surface area (Å²) in [5, 5.41) is 0.0890. The minimum absolute atomic E-state index is 0.0890. The normalized spacial score (nSPS) is 19.1. The molecule has 0 aliphatic carbocycles. The lowest BCUT2D eigenvalue weighted by molar-refractivity contribution is -0.274. The molecule has 112 valence electrons. The van der Waals surface area contributed by atoms with Crippen LogP contribution in [-0.4, -0.2) is 29.1 Å². The Morgan fingerprint density at radius 1 is 1.38 bits per heavy atom. The Kier molecular flexibility index (Phi) is 3.32. The van der Waals surface area contributed by atoms with E-state index in [0.717, 1.165) is 12.1 Å². The first-order valence-electron chi connectivity index (χ1n) is 6.28. The van der Waals surface area contributed by atoms with E-state index in [0.29, 0.717) is 25.2 Å². The maximum atomic E-state index is 12.4. The summed E-state index contributed by atoms with van der Waals surface area (Å²) in [6.45, 7) is 0.943. The zero-order valence-corrected chi connectivity index (χ0v) is 10.8. The van der Waals surface area contributed by atoms with Crippen LogP contribution in [0.3, 0.4) is 0 Å². The number of aromatic nitrogens is 2. The van der Waals surface area contributed by atoms with Gasteiger partial charge in [0.1, 0.15) is 5.75 Å². The molecule has 0 amide bonds. The molecule has 1 atom stereocenters. The fourth-order valence-corrected chi connectivity index (χ4v) is 2.31. The zero-order chi connectivity index (χ0) is 15.0. The van der Waals surface area contributed by atoms with Crippen LogP contribution in [0.15, 0.2) is 29.3 Å². The predicted octanol–water partition coefficient (Wildman–Crippen LogP) is 2.26. The number of hydrogen-bond donors (Lipinski definition) is 0. The van der Waals surface area contributed by atoms with Crippen LogP contribution in [0, 0.1) is 0 Å². The third-order valence-corrected chi connectivity index (χ3v) is 3.29. The van der Waals surface area contributed by atoms with Gasteiger partial charge in [0.05, 0.1) is 29.9 Å². The Morgan fingerprint density at radius 2 is 2.19 bits per heavy atom. The largest absolute Gasteiger partial charge is 0.573 e. The van der Waals surface area contributed by atoms with E-state index in [1.165, 1.54) is 17.0 Å². The van der Waals surface area contributed by atoms with Crippen LogP contribution >= 0.6 is 0 Å². The molecular formula is C13H11F3N2O3. The van der Waals surface area contributed by atoms with Gasteiger partial charge in [0, 0.05) is 6.61 Å². The van der Waals surface area contributed by atoms with Crippen molar-refractivity contribution in [2.75, 3.05) is 13.2 Å². The molecule has 0 radical (unpaired) electrons. The molecule has 2 heterocycles. The molecule has 0 unspecified atom stereocenters. The molecule has 5 nitrogen and oxygen atoms in total. The van der Waals surface area contributed by atoms with Crippen LogP contribution in [0.5, 0.6) is 5.75 Å². The molecule has 2 aromatic rings. The van der Waals surface area contributed by atoms with Crippen LogP contribution in [0.2, 0.25) is 0 Å². The van der Waals surface area contributed by atoms with Crippen molar-refractivity contribution < 1.29 is 22.6 Å². The summed E-state index contributed by atoms with van der Waals surface area (Å²) in [4.78, 5) is 16.5. The van der Waals surface area contributed by atoms with Gasteiger partial charge in [0.2, 0.25) is 0 Å². The highest BCUT2D eigenvalue weighted by atomic mass is 19.4. The monoisotopic (exact) mass is 300 g/mol. The smallest absolute Gasteiger partial charge is 0.406 e. The topological polar surface area (TPSA) is 53.3 Å². The van der Waals surface area contributed by atoms with Crippen molar-refractivity contribution in [3.63, 3.8) is 0 Å². The van der Waals surface area contributed by atoms with Gasteiger partial charge in [-0.2, -0.15) is 0 Å². The van der Waals surface area contributed by atoms with E-state index in [2.05, 4.69) is 9.72 Å². The molecule has 1 aliphatic heterocycles. The Labute approximate surface area is 116 Å². The number of ether oxygens (including phenoxy) is 2. The lowest BCUT2D eigenvalue weighted by Crippen LogP contribution is -2.25. The number of benzene rings is 1. The summed E-state index contributed by atoms with van der Waals surface area (Å²) in [6.07, 6.45) is -2.73. The van der Waals surface area contributed by atoms with Crippen molar-refractivity contribution in [1.82, 2.24) is 9.55 Å². The summed E-state index contributed by atoms with van der Waals surface area (Å²) in [5.74, 6) is -0.436. The van der Waals surface area contributed by atoms with Crippen molar-refractivity contribution in [2.24, 2.45) is 0 Å². The number of fused-ring (bicyclic) bond motifs is 1. The average molecular weight is 300 g/mol. The molecule has 1 aliphatic rings. The summed E-state index contributed by atoms with van der Waals surface area (Å²) in [5.41, 5.74) is -0.0761. The minimum atomic E-state index is -4.80. The van der Waals surface area contributed by atoms with Gasteiger partial charge in [-0.05, 0) is 24.6 Å². The quantitative estimate of drug-likeness (QED) is 0.853. The molecule has 1 saturated heterocycles. The maximum absolute atomic E-state index is 12.4. The minimum Gasteiger partial charge on any atom is -0.406 e. The lowest BCUT2D eigenvalue weighted by atomic mass is 10.2. The van der Waals surface area contributed by atoms with E-state index in [9.17, 15) is 18.0 Å². The van der Waals surface area contributed by atoms with E-state index in [1.54, 1.807) is 0 Å². The van der Waals surface area contributed by atoms with Crippen molar-refractivity contribution in [2.45, 2.75) is 18.8 Å². The second kappa shape index (κ2) is 5.03.